The molecule has 6 heteroatoms. The summed E-state index contributed by atoms with van der Waals surface area (Å²) in [6, 6.07) is 25.3. The molecule has 0 fully saturated rings. The van der Waals surface area contributed by atoms with Crippen molar-refractivity contribution in [1.29, 1.82) is 5.26 Å². The number of hydrogen-bond donors (Lipinski definition) is 2. The molecule has 0 aliphatic carbocycles. The van der Waals surface area contributed by atoms with Gasteiger partial charge in [-0.25, -0.2) is 4.39 Å². The van der Waals surface area contributed by atoms with E-state index >= 15 is 0 Å². The van der Waals surface area contributed by atoms with Crippen molar-refractivity contribution in [1.82, 2.24) is 0 Å². The van der Waals surface area contributed by atoms with Crippen LogP contribution in [0.1, 0.15) is 26.3 Å². The number of nitrogens with two attached hydrogens (primary N) is 1. The lowest BCUT2D eigenvalue weighted by molar-refractivity contribution is 0.312. The molecule has 0 atom stereocenters. The Labute approximate surface area is 184 Å². The normalized spacial score (nSPS) is 11.7. The highest BCUT2D eigenvalue weighted by atomic mass is 28.4. The number of rotatable bonds is 7. The van der Waals surface area contributed by atoms with Crippen LogP contribution < -0.4 is 21.4 Å². The van der Waals surface area contributed by atoms with Crippen LogP contribution in [0.25, 0.3) is 0 Å². The van der Waals surface area contributed by atoms with E-state index in [1.54, 1.807) is 0 Å². The van der Waals surface area contributed by atoms with E-state index in [9.17, 15) is 4.39 Å². The molecule has 0 aromatic heterocycles. The van der Waals surface area contributed by atoms with Crippen molar-refractivity contribution in [3.05, 3.63) is 84.2 Å². The number of hydrogen-bond acceptors (Lipinski definition) is 4. The number of nitriles is 1. The highest BCUT2D eigenvalue weighted by molar-refractivity contribution is 6.99. The molecule has 160 valence electrons. The Morgan fingerprint density at radius 2 is 1.55 bits per heavy atom. The topological polar surface area (TPSA) is 71.1 Å². The molecule has 4 nitrogen and oxygen atoms in total. The summed E-state index contributed by atoms with van der Waals surface area (Å²) in [5.41, 5.74) is 6.68. The number of nitrogens with one attached hydrogen (secondary N) is 1. The Morgan fingerprint density at radius 3 is 2.03 bits per heavy atom. The molecule has 0 aliphatic rings. The van der Waals surface area contributed by atoms with Gasteiger partial charge < -0.3 is 15.5 Å². The SMILES string of the molecule is CC(C)(C)[Si](OCCNc1cc(C#N)c(F)cc1N)(c1ccccc1)c1ccccc1. The van der Waals surface area contributed by atoms with Crippen molar-refractivity contribution < 1.29 is 8.82 Å². The minimum absolute atomic E-state index is 0.0374. The summed E-state index contributed by atoms with van der Waals surface area (Å²) in [5, 5.41) is 14.6. The second-order valence-electron chi connectivity index (χ2n) is 8.47. The first kappa shape index (κ1) is 22.5. The summed E-state index contributed by atoms with van der Waals surface area (Å²) in [7, 11) is -2.61. The van der Waals surface area contributed by atoms with Crippen LogP contribution >= 0.6 is 0 Å². The van der Waals surface area contributed by atoms with Crippen LogP contribution in [0.5, 0.6) is 0 Å². The number of nitrogens with zero attached hydrogens (tertiary/aromatic N) is 1. The zero-order chi connectivity index (χ0) is 22.5. The molecule has 0 unspecified atom stereocenters. The van der Waals surface area contributed by atoms with Crippen LogP contribution in [0.15, 0.2) is 72.8 Å². The summed E-state index contributed by atoms with van der Waals surface area (Å²) in [4.78, 5) is 0. The van der Waals surface area contributed by atoms with Crippen LogP contribution in [-0.4, -0.2) is 21.5 Å². The van der Waals surface area contributed by atoms with Crippen molar-refractivity contribution in [2.24, 2.45) is 0 Å². The standard InChI is InChI=1S/C25H28FN3OSi/c1-25(2,3)31(20-10-6-4-7-11-20,21-12-8-5-9-13-21)30-15-14-29-24-16-19(18-27)22(26)17-23(24)28/h4-13,16-17,29H,14-15,28H2,1-3H3. The third-order valence-corrected chi connectivity index (χ3v) is 10.5. The summed E-state index contributed by atoms with van der Waals surface area (Å²) in [6.07, 6.45) is 0. The largest absolute Gasteiger partial charge is 0.406 e. The third kappa shape index (κ3) is 4.63. The molecular formula is C25H28FN3OSi. The quantitative estimate of drug-likeness (QED) is 0.332. The van der Waals surface area contributed by atoms with Crippen molar-refractivity contribution in [2.45, 2.75) is 25.8 Å². The number of nitrogen functional groups attached to an aromatic ring is 1. The fraction of sp³-hybridized carbons (Fsp3) is 0.240. The highest BCUT2D eigenvalue weighted by Crippen LogP contribution is 2.36. The zero-order valence-electron chi connectivity index (χ0n) is 18.2. The third-order valence-electron chi connectivity index (χ3n) is 5.41. The second-order valence-corrected chi connectivity index (χ2v) is 12.8. The van der Waals surface area contributed by atoms with Gasteiger partial charge >= 0.3 is 0 Å². The highest BCUT2D eigenvalue weighted by Gasteiger charge is 2.49. The lowest BCUT2D eigenvalue weighted by Crippen LogP contribution is -2.66. The summed E-state index contributed by atoms with van der Waals surface area (Å²) in [6.45, 7) is 7.59. The lowest BCUT2D eigenvalue weighted by atomic mass is 10.1. The van der Waals surface area contributed by atoms with Crippen LogP contribution in [-0.2, 0) is 4.43 Å². The molecule has 0 heterocycles. The van der Waals surface area contributed by atoms with E-state index in [4.69, 9.17) is 15.4 Å². The Balaban J connectivity index is 1.88. The molecule has 0 spiro atoms. The first-order valence-electron chi connectivity index (χ1n) is 10.3. The molecule has 0 saturated heterocycles. The molecule has 0 radical (unpaired) electrons. The van der Waals surface area contributed by atoms with E-state index in [0.717, 1.165) is 0 Å². The van der Waals surface area contributed by atoms with Crippen LogP contribution in [0.3, 0.4) is 0 Å². The second kappa shape index (κ2) is 9.34. The van der Waals surface area contributed by atoms with E-state index < -0.39 is 14.1 Å². The molecule has 3 aromatic carbocycles. The van der Waals surface area contributed by atoms with Gasteiger partial charge in [0.25, 0.3) is 8.32 Å². The minimum atomic E-state index is -2.61. The summed E-state index contributed by atoms with van der Waals surface area (Å²) < 4.78 is 20.5. The van der Waals surface area contributed by atoms with Gasteiger partial charge in [-0.1, -0.05) is 81.4 Å². The van der Waals surface area contributed by atoms with Crippen molar-refractivity contribution in [3.8, 4) is 6.07 Å². The Hall–Kier alpha value is -3.14. The van der Waals surface area contributed by atoms with Gasteiger partial charge in [-0.2, -0.15) is 5.26 Å². The van der Waals surface area contributed by atoms with E-state index in [2.05, 4.69) is 74.6 Å². The van der Waals surface area contributed by atoms with E-state index in [1.165, 1.54) is 22.5 Å². The minimum Gasteiger partial charge on any atom is -0.406 e. The molecular weight excluding hydrogens is 405 g/mol. The van der Waals surface area contributed by atoms with Gasteiger partial charge in [0, 0.05) is 12.6 Å². The average Bonchev–Trinajstić information content (AvgIpc) is 2.75. The van der Waals surface area contributed by atoms with E-state index in [-0.39, 0.29) is 16.3 Å². The summed E-state index contributed by atoms with van der Waals surface area (Å²) in [5.74, 6) is -0.617. The Kier molecular flexibility index (Phi) is 6.79. The van der Waals surface area contributed by atoms with Gasteiger partial charge in [-0.05, 0) is 21.5 Å². The van der Waals surface area contributed by atoms with Gasteiger partial charge in [-0.15, -0.1) is 0 Å². The van der Waals surface area contributed by atoms with Gasteiger partial charge in [0.1, 0.15) is 11.9 Å². The van der Waals surface area contributed by atoms with Gasteiger partial charge in [0.2, 0.25) is 0 Å². The first-order chi connectivity index (χ1) is 14.8. The lowest BCUT2D eigenvalue weighted by Gasteiger charge is -2.43. The molecule has 0 aliphatic heterocycles. The molecule has 3 aromatic rings. The van der Waals surface area contributed by atoms with Crippen molar-refractivity contribution in [3.63, 3.8) is 0 Å². The Bertz CT molecular complexity index is 1020. The molecule has 0 saturated carbocycles. The number of halogens is 1. The summed E-state index contributed by atoms with van der Waals surface area (Å²) >= 11 is 0. The predicted octanol–water partition coefficient (Wildman–Crippen LogP) is 4.27. The molecule has 3 rings (SSSR count). The van der Waals surface area contributed by atoms with Crippen LogP contribution in [0.2, 0.25) is 5.04 Å². The fourth-order valence-electron chi connectivity index (χ4n) is 3.98. The maximum absolute atomic E-state index is 13.7. The van der Waals surface area contributed by atoms with Gasteiger partial charge in [-0.3, -0.25) is 0 Å². The first-order valence-corrected chi connectivity index (χ1v) is 12.2. The monoisotopic (exact) mass is 433 g/mol. The van der Waals surface area contributed by atoms with Crippen molar-refractivity contribution in [2.75, 3.05) is 24.2 Å². The van der Waals surface area contributed by atoms with Crippen LogP contribution in [0, 0.1) is 17.1 Å². The molecule has 31 heavy (non-hydrogen) atoms. The zero-order valence-corrected chi connectivity index (χ0v) is 19.2. The molecule has 0 bridgehead atoms. The van der Waals surface area contributed by atoms with Crippen LogP contribution in [0.4, 0.5) is 15.8 Å². The maximum Gasteiger partial charge on any atom is 0.261 e. The Morgan fingerprint density at radius 1 is 1.00 bits per heavy atom. The smallest absolute Gasteiger partial charge is 0.261 e. The number of anilines is 2. The molecule has 0 amide bonds. The van der Waals surface area contributed by atoms with E-state index in [1.807, 2.05) is 18.2 Å². The average molecular weight is 434 g/mol. The number of benzene rings is 3. The van der Waals surface area contributed by atoms with Gasteiger partial charge in [0.05, 0.1) is 23.5 Å². The van der Waals surface area contributed by atoms with E-state index in [0.29, 0.717) is 18.8 Å². The maximum atomic E-state index is 13.7. The van der Waals surface area contributed by atoms with Gasteiger partial charge in [0.15, 0.2) is 0 Å². The predicted molar refractivity (Wildman–Crippen MR) is 128 cm³/mol. The fourth-order valence-corrected chi connectivity index (χ4v) is 8.54. The molecule has 3 N–H and O–H groups in total. The van der Waals surface area contributed by atoms with Crippen molar-refractivity contribution >= 4 is 30.1 Å².